The number of aliphatic imine (C=N–C) groups is 1. The number of carbonyl (C=O) groups excluding carboxylic acids is 1. The lowest BCUT2D eigenvalue weighted by molar-refractivity contribution is 0.112. The summed E-state index contributed by atoms with van der Waals surface area (Å²) in [6.07, 6.45) is 6.65. The van der Waals surface area contributed by atoms with E-state index in [1.807, 2.05) is 6.07 Å². The van der Waals surface area contributed by atoms with Crippen LogP contribution in [0.4, 0.5) is 4.39 Å². The molecule has 0 aliphatic carbocycles. The molecule has 1 fully saturated rings. The molecule has 1 atom stereocenters. The first kappa shape index (κ1) is 27.0. The van der Waals surface area contributed by atoms with Crippen molar-refractivity contribution in [1.82, 2.24) is 10.6 Å². The molecule has 0 aromatic heterocycles. The lowest BCUT2D eigenvalue weighted by Crippen LogP contribution is -2.40. The van der Waals surface area contributed by atoms with Crippen molar-refractivity contribution in [3.63, 3.8) is 0 Å². The smallest absolute Gasteiger partial charge is 0.188 e. The highest BCUT2D eigenvalue weighted by Crippen LogP contribution is 2.21. The maximum Gasteiger partial charge on any atom is 0.188 e. The predicted octanol–water partition coefficient (Wildman–Crippen LogP) is 4.66. The number of nitrogens with zero attached hydrogens (tertiary/aromatic N) is 1. The molecule has 0 spiro atoms. The molecule has 0 amide bonds. The zero-order valence-electron chi connectivity index (χ0n) is 19.7. The number of nitrogens with one attached hydrogen (secondary N) is 2. The van der Waals surface area contributed by atoms with Crippen LogP contribution in [0, 0.1) is 11.7 Å². The quantitative estimate of drug-likeness (QED) is 0.269. The van der Waals surface area contributed by atoms with Crippen LogP contribution in [0.3, 0.4) is 0 Å². The van der Waals surface area contributed by atoms with E-state index in [1.54, 1.807) is 19.2 Å². The monoisotopic (exact) mass is 518 g/mol. The van der Waals surface area contributed by atoms with Gasteiger partial charge in [-0.25, -0.2) is 4.39 Å². The third kappa shape index (κ3) is 9.26. The Labute approximate surface area is 205 Å². The van der Waals surface area contributed by atoms with Crippen molar-refractivity contribution in [3.8, 4) is 0 Å². The Hall–Kier alpha value is -2.25. The number of rotatable bonds is 8. The second-order valence-corrected chi connectivity index (χ2v) is 9.21. The minimum absolute atomic E-state index is 0.299. The first-order chi connectivity index (χ1) is 16.0. The van der Waals surface area contributed by atoms with Gasteiger partial charge in [0.1, 0.15) is 12.1 Å². The van der Waals surface area contributed by atoms with Crippen LogP contribution in [-0.4, -0.2) is 38.9 Å². The van der Waals surface area contributed by atoms with E-state index < -0.39 is 0 Å². The minimum atomic E-state index is -0.299. The summed E-state index contributed by atoms with van der Waals surface area (Å²) in [4.78, 5) is 14.9. The van der Waals surface area contributed by atoms with Gasteiger partial charge in [0.05, 0.1) is 0 Å². The van der Waals surface area contributed by atoms with Gasteiger partial charge in [0.15, 0.2) is 5.96 Å². The fourth-order valence-corrected chi connectivity index (χ4v) is 4.38. The van der Waals surface area contributed by atoms with E-state index in [9.17, 15) is 9.18 Å². The van der Waals surface area contributed by atoms with E-state index in [0.717, 1.165) is 49.7 Å². The van der Waals surface area contributed by atoms with Crippen LogP contribution in [0.25, 0.3) is 0 Å². The van der Waals surface area contributed by atoms with Crippen molar-refractivity contribution in [2.24, 2.45) is 16.6 Å². The third-order valence-corrected chi connectivity index (χ3v) is 6.32. The molecule has 2 aromatic carbocycles. The second kappa shape index (κ2) is 14.8. The molecular weight excluding hydrogens is 483 g/mol. The predicted molar refractivity (Wildman–Crippen MR) is 138 cm³/mol. The fraction of sp³-hybridized carbons (Fsp3) is 0.462. The second-order valence-electron chi connectivity index (χ2n) is 8.29. The molecule has 33 heavy (non-hydrogen) atoms. The van der Waals surface area contributed by atoms with Crippen LogP contribution in [-0.2, 0) is 19.3 Å². The average Bonchev–Trinajstić information content (AvgIpc) is 2.84. The Kier molecular flexibility index (Phi) is 12.1. The highest BCUT2D eigenvalue weighted by atomic mass is 79.9. The molecule has 1 saturated heterocycles. The number of carbonyl (C=O) groups is 1. The molecule has 2 aromatic rings. The number of aryl methyl sites for hydroxylation is 2. The average molecular weight is 520 g/mol. The van der Waals surface area contributed by atoms with Crippen LogP contribution in [0.2, 0.25) is 0 Å². The summed E-state index contributed by atoms with van der Waals surface area (Å²) in [6.45, 7) is 5.35. The minimum Gasteiger partial charge on any atom is -0.370 e. The number of halogens is 2. The SMILES string of the molecule is CCCc1ccc(Br)cc1CCc1c(F)cccc1C=O.CN=C(N)NCC1CCCNC1. The topological polar surface area (TPSA) is 79.5 Å². The Morgan fingerprint density at radius 2 is 2.09 bits per heavy atom. The molecule has 0 bridgehead atoms. The van der Waals surface area contributed by atoms with Crippen LogP contribution in [0.1, 0.15) is 53.2 Å². The molecule has 4 N–H and O–H groups in total. The molecule has 0 saturated carbocycles. The van der Waals surface area contributed by atoms with Crippen molar-refractivity contribution in [2.75, 3.05) is 26.7 Å². The van der Waals surface area contributed by atoms with E-state index in [4.69, 9.17) is 5.73 Å². The normalized spacial score (nSPS) is 16.0. The van der Waals surface area contributed by atoms with E-state index in [1.165, 1.54) is 30.0 Å². The molecule has 7 heteroatoms. The molecule has 180 valence electrons. The summed E-state index contributed by atoms with van der Waals surface area (Å²) >= 11 is 3.49. The molecule has 1 aliphatic heterocycles. The van der Waals surface area contributed by atoms with E-state index in [0.29, 0.717) is 29.4 Å². The van der Waals surface area contributed by atoms with E-state index in [2.05, 4.69) is 50.6 Å². The number of nitrogens with two attached hydrogens (primary N) is 1. The fourth-order valence-electron chi connectivity index (χ4n) is 3.98. The standard InChI is InChI=1S/C18H18BrFO.C8H18N4/c1-2-4-13-7-9-16(19)11-14(13)8-10-17-15(12-21)5-3-6-18(17)20;1-10-8(9)12-6-7-3-2-4-11-5-7/h3,5-7,9,11-12H,2,4,8,10H2,1H3;7,11H,2-6H2,1H3,(H3,9,10,12). The summed E-state index contributed by atoms with van der Waals surface area (Å²) in [5.41, 5.74) is 8.97. The van der Waals surface area contributed by atoms with Gasteiger partial charge in [-0.2, -0.15) is 0 Å². The zero-order chi connectivity index (χ0) is 24.1. The van der Waals surface area contributed by atoms with Gasteiger partial charge in [0.2, 0.25) is 0 Å². The highest BCUT2D eigenvalue weighted by Gasteiger charge is 2.12. The number of hydrogen-bond acceptors (Lipinski definition) is 3. The van der Waals surface area contributed by atoms with Crippen molar-refractivity contribution < 1.29 is 9.18 Å². The van der Waals surface area contributed by atoms with Gasteiger partial charge in [-0.15, -0.1) is 0 Å². The lowest BCUT2D eigenvalue weighted by Gasteiger charge is -2.22. The van der Waals surface area contributed by atoms with Crippen LogP contribution in [0.5, 0.6) is 0 Å². The molecule has 1 heterocycles. The highest BCUT2D eigenvalue weighted by molar-refractivity contribution is 9.10. The molecule has 1 unspecified atom stereocenters. The molecular formula is C26H36BrFN4O. The van der Waals surface area contributed by atoms with Gasteiger partial charge in [0.25, 0.3) is 0 Å². The van der Waals surface area contributed by atoms with Gasteiger partial charge < -0.3 is 16.4 Å². The Morgan fingerprint density at radius 3 is 2.76 bits per heavy atom. The van der Waals surface area contributed by atoms with Crippen molar-refractivity contribution in [2.45, 2.75) is 45.4 Å². The van der Waals surface area contributed by atoms with Gasteiger partial charge in [-0.1, -0.05) is 47.5 Å². The van der Waals surface area contributed by atoms with Gasteiger partial charge in [0, 0.05) is 23.6 Å². The van der Waals surface area contributed by atoms with Gasteiger partial charge in [-0.05, 0) is 86.0 Å². The summed E-state index contributed by atoms with van der Waals surface area (Å²) in [6, 6.07) is 10.9. The number of guanidine groups is 1. The molecule has 0 radical (unpaired) electrons. The molecule has 1 aliphatic rings. The van der Waals surface area contributed by atoms with Gasteiger partial charge >= 0.3 is 0 Å². The first-order valence-electron chi connectivity index (χ1n) is 11.6. The summed E-state index contributed by atoms with van der Waals surface area (Å²) in [5, 5.41) is 6.45. The largest absolute Gasteiger partial charge is 0.370 e. The maximum atomic E-state index is 13.9. The summed E-state index contributed by atoms with van der Waals surface area (Å²) < 4.78 is 14.9. The van der Waals surface area contributed by atoms with E-state index in [-0.39, 0.29) is 5.82 Å². The van der Waals surface area contributed by atoms with Crippen molar-refractivity contribution in [3.05, 3.63) is 68.9 Å². The maximum absolute atomic E-state index is 13.9. The van der Waals surface area contributed by atoms with Crippen molar-refractivity contribution >= 4 is 28.2 Å². The van der Waals surface area contributed by atoms with Crippen LogP contribution >= 0.6 is 15.9 Å². The van der Waals surface area contributed by atoms with Crippen LogP contribution in [0.15, 0.2) is 45.9 Å². The number of benzene rings is 2. The number of hydrogen-bond donors (Lipinski definition) is 3. The Balaban J connectivity index is 0.000000273. The van der Waals surface area contributed by atoms with E-state index >= 15 is 0 Å². The van der Waals surface area contributed by atoms with Crippen molar-refractivity contribution in [1.29, 1.82) is 0 Å². The zero-order valence-corrected chi connectivity index (χ0v) is 21.3. The van der Waals surface area contributed by atoms with Crippen LogP contribution < -0.4 is 16.4 Å². The number of aldehydes is 1. The molecule has 5 nitrogen and oxygen atoms in total. The summed E-state index contributed by atoms with van der Waals surface area (Å²) in [7, 11) is 1.70. The molecule has 3 rings (SSSR count). The lowest BCUT2D eigenvalue weighted by atomic mass is 9.95. The Morgan fingerprint density at radius 1 is 1.27 bits per heavy atom. The first-order valence-corrected chi connectivity index (χ1v) is 12.4. The Bertz CT molecular complexity index is 913. The summed E-state index contributed by atoms with van der Waals surface area (Å²) in [5.74, 6) is 0.950. The number of piperidine rings is 1. The van der Waals surface area contributed by atoms with Gasteiger partial charge in [-0.3, -0.25) is 9.79 Å². The third-order valence-electron chi connectivity index (χ3n) is 5.83.